The Bertz CT molecular complexity index is 644. The van der Waals surface area contributed by atoms with Gasteiger partial charge in [0.25, 0.3) is 0 Å². The fraction of sp³-hybridized carbons (Fsp3) is 0.286. The first-order chi connectivity index (χ1) is 10.9. The second-order valence-electron chi connectivity index (χ2n) is 4.73. The molecule has 1 aromatic carbocycles. The summed E-state index contributed by atoms with van der Waals surface area (Å²) in [5, 5.41) is 22.5. The van der Waals surface area contributed by atoms with Crippen molar-refractivity contribution in [2.75, 3.05) is 6.54 Å². The van der Waals surface area contributed by atoms with Crippen molar-refractivity contribution in [1.29, 1.82) is 0 Å². The van der Waals surface area contributed by atoms with Gasteiger partial charge < -0.3 is 20.8 Å². The Morgan fingerprint density at radius 1 is 1.30 bits per heavy atom. The second-order valence-corrected chi connectivity index (χ2v) is 5.92. The second kappa shape index (κ2) is 7.63. The molecule has 122 valence electrons. The van der Waals surface area contributed by atoms with Gasteiger partial charge in [-0.2, -0.15) is 0 Å². The minimum atomic E-state index is -0.999. The van der Waals surface area contributed by atoms with Gasteiger partial charge in [0.05, 0.1) is 12.1 Å². The highest BCUT2D eigenvalue weighted by Gasteiger charge is 2.32. The van der Waals surface area contributed by atoms with E-state index in [9.17, 15) is 19.5 Å². The summed E-state index contributed by atoms with van der Waals surface area (Å²) >= 11 is 1.14. The first-order valence-corrected chi connectivity index (χ1v) is 7.66. The highest BCUT2D eigenvalue weighted by atomic mass is 32.2. The van der Waals surface area contributed by atoms with E-state index in [4.69, 9.17) is 5.11 Å². The summed E-state index contributed by atoms with van der Waals surface area (Å²) in [5.41, 5.74) is 0.567. The maximum Gasteiger partial charge on any atom is 0.305 e. The van der Waals surface area contributed by atoms with Crippen LogP contribution in [-0.2, 0) is 14.4 Å². The molecule has 8 nitrogen and oxygen atoms in total. The normalized spacial score (nSPS) is 18.7. The van der Waals surface area contributed by atoms with Crippen LogP contribution in [0.15, 0.2) is 29.3 Å². The van der Waals surface area contributed by atoms with Crippen LogP contribution in [0.4, 0.5) is 5.69 Å². The van der Waals surface area contributed by atoms with Gasteiger partial charge >= 0.3 is 5.97 Å². The van der Waals surface area contributed by atoms with Crippen LogP contribution in [0.5, 0.6) is 5.75 Å². The standard InChI is InChI=1S/C14H15N3O5S/c18-9-3-1-8(2-4-9)16-14-17-13(22)10(23-14)7-11(19)15-6-5-12(20)21/h1-4,10,18H,5-7H2,(H,15,19)(H,20,21)(H,16,17,22)/t10-/m0/s1. The van der Waals surface area contributed by atoms with Crippen LogP contribution < -0.4 is 10.6 Å². The van der Waals surface area contributed by atoms with Gasteiger partial charge in [0.1, 0.15) is 11.0 Å². The molecule has 4 N–H and O–H groups in total. The lowest BCUT2D eigenvalue weighted by Gasteiger charge is -2.05. The van der Waals surface area contributed by atoms with Gasteiger partial charge in [-0.1, -0.05) is 11.8 Å². The zero-order valence-electron chi connectivity index (χ0n) is 12.0. The summed E-state index contributed by atoms with van der Waals surface area (Å²) in [5.74, 6) is -1.58. The number of aliphatic imine (C=N–C) groups is 1. The number of thioether (sulfide) groups is 1. The van der Waals surface area contributed by atoms with Crippen LogP contribution >= 0.6 is 11.8 Å². The molecule has 9 heteroatoms. The van der Waals surface area contributed by atoms with Crippen molar-refractivity contribution in [3.8, 4) is 5.75 Å². The van der Waals surface area contributed by atoms with Gasteiger partial charge in [-0.3, -0.25) is 14.4 Å². The van der Waals surface area contributed by atoms with Gasteiger partial charge in [-0.05, 0) is 24.3 Å². The lowest BCUT2D eigenvalue weighted by molar-refractivity contribution is -0.137. The highest BCUT2D eigenvalue weighted by Crippen LogP contribution is 2.25. The quantitative estimate of drug-likeness (QED) is 0.601. The Morgan fingerprint density at radius 2 is 2.00 bits per heavy atom. The van der Waals surface area contributed by atoms with Crippen molar-refractivity contribution in [3.63, 3.8) is 0 Å². The van der Waals surface area contributed by atoms with Gasteiger partial charge in [0.15, 0.2) is 5.17 Å². The molecule has 0 aromatic heterocycles. The first-order valence-electron chi connectivity index (χ1n) is 6.78. The molecular formula is C14H15N3O5S. The third-order valence-electron chi connectivity index (χ3n) is 2.89. The van der Waals surface area contributed by atoms with Crippen molar-refractivity contribution in [3.05, 3.63) is 24.3 Å². The Kier molecular flexibility index (Phi) is 5.58. The Balaban J connectivity index is 1.88. The van der Waals surface area contributed by atoms with Crippen LogP contribution in [0.25, 0.3) is 0 Å². The van der Waals surface area contributed by atoms with Crippen molar-refractivity contribution >= 4 is 40.4 Å². The van der Waals surface area contributed by atoms with Crippen LogP contribution in [0.1, 0.15) is 12.8 Å². The van der Waals surface area contributed by atoms with E-state index in [1.54, 1.807) is 12.1 Å². The molecule has 1 atom stereocenters. The van der Waals surface area contributed by atoms with E-state index >= 15 is 0 Å². The van der Waals surface area contributed by atoms with Crippen LogP contribution in [-0.4, -0.2) is 45.0 Å². The van der Waals surface area contributed by atoms with E-state index in [1.165, 1.54) is 12.1 Å². The third-order valence-corrected chi connectivity index (χ3v) is 3.97. The molecule has 1 aromatic rings. The fourth-order valence-corrected chi connectivity index (χ4v) is 2.77. The number of carbonyl (C=O) groups is 3. The number of phenolic OH excluding ortho intramolecular Hbond substituents is 1. The molecule has 23 heavy (non-hydrogen) atoms. The van der Waals surface area contributed by atoms with E-state index in [1.807, 2.05) is 0 Å². The molecule has 0 radical (unpaired) electrons. The van der Waals surface area contributed by atoms with Crippen molar-refractivity contribution in [1.82, 2.24) is 10.6 Å². The number of phenols is 1. The number of rotatable bonds is 6. The number of aromatic hydroxyl groups is 1. The number of aliphatic carboxylic acids is 1. The largest absolute Gasteiger partial charge is 0.508 e. The summed E-state index contributed by atoms with van der Waals surface area (Å²) < 4.78 is 0. The summed E-state index contributed by atoms with van der Waals surface area (Å²) in [4.78, 5) is 38.1. The number of benzene rings is 1. The van der Waals surface area contributed by atoms with E-state index < -0.39 is 11.2 Å². The number of hydrogen-bond acceptors (Lipinski definition) is 6. The van der Waals surface area contributed by atoms with Gasteiger partial charge in [0, 0.05) is 13.0 Å². The lowest BCUT2D eigenvalue weighted by atomic mass is 10.2. The first kappa shape index (κ1) is 16.8. The molecule has 1 aliphatic heterocycles. The summed E-state index contributed by atoms with van der Waals surface area (Å²) in [6, 6.07) is 6.16. The Labute approximate surface area is 136 Å². The van der Waals surface area contributed by atoms with Gasteiger partial charge in [-0.25, -0.2) is 4.99 Å². The van der Waals surface area contributed by atoms with Gasteiger partial charge in [-0.15, -0.1) is 0 Å². The molecule has 1 aliphatic rings. The SMILES string of the molecule is O=C(O)CCNC(=O)C[C@@H]1SC(=Nc2ccc(O)cc2)NC1=O. The number of amides is 2. The number of nitrogens with zero attached hydrogens (tertiary/aromatic N) is 1. The minimum Gasteiger partial charge on any atom is -0.508 e. The summed E-state index contributed by atoms with van der Waals surface area (Å²) in [6.45, 7) is 0.0294. The predicted octanol–water partition coefficient (Wildman–Crippen LogP) is 0.592. The van der Waals surface area contributed by atoms with Crippen LogP contribution in [0, 0.1) is 0 Å². The molecule has 1 heterocycles. The topological polar surface area (TPSA) is 128 Å². The lowest BCUT2D eigenvalue weighted by Crippen LogP contribution is -2.32. The molecule has 0 spiro atoms. The van der Waals surface area contributed by atoms with Crippen molar-refractivity contribution in [2.24, 2.45) is 4.99 Å². The molecule has 2 rings (SSSR count). The highest BCUT2D eigenvalue weighted by molar-refractivity contribution is 8.15. The van der Waals surface area contributed by atoms with Crippen LogP contribution in [0.2, 0.25) is 0 Å². The maximum atomic E-state index is 11.8. The zero-order chi connectivity index (χ0) is 16.8. The summed E-state index contributed by atoms with van der Waals surface area (Å²) in [7, 11) is 0. The van der Waals surface area contributed by atoms with Crippen LogP contribution in [0.3, 0.4) is 0 Å². The number of nitrogens with one attached hydrogen (secondary N) is 2. The fourth-order valence-electron chi connectivity index (χ4n) is 1.79. The molecular weight excluding hydrogens is 322 g/mol. The van der Waals surface area contributed by atoms with E-state index in [0.29, 0.717) is 10.9 Å². The third kappa shape index (κ3) is 5.29. The molecule has 1 saturated heterocycles. The van der Waals surface area contributed by atoms with E-state index in [-0.39, 0.29) is 37.0 Å². The van der Waals surface area contributed by atoms with Crippen molar-refractivity contribution in [2.45, 2.75) is 18.1 Å². The predicted molar refractivity (Wildman–Crippen MR) is 84.6 cm³/mol. The smallest absolute Gasteiger partial charge is 0.305 e. The van der Waals surface area contributed by atoms with Crippen molar-refractivity contribution < 1.29 is 24.6 Å². The average Bonchev–Trinajstić information content (AvgIpc) is 2.81. The maximum absolute atomic E-state index is 11.8. The average molecular weight is 337 g/mol. The Hall–Kier alpha value is -2.55. The molecule has 0 aliphatic carbocycles. The molecule has 1 fully saturated rings. The molecule has 2 amide bonds. The minimum absolute atomic E-state index is 0.0294. The number of amidine groups is 1. The number of carbonyl (C=O) groups excluding carboxylic acids is 2. The van der Waals surface area contributed by atoms with Gasteiger partial charge in [0.2, 0.25) is 11.8 Å². The number of hydrogen-bond donors (Lipinski definition) is 4. The summed E-state index contributed by atoms with van der Waals surface area (Å²) in [6.07, 6.45) is -0.214. The molecule has 0 unspecified atom stereocenters. The zero-order valence-corrected chi connectivity index (χ0v) is 12.8. The number of carboxylic acids is 1. The monoisotopic (exact) mass is 337 g/mol. The molecule has 0 saturated carbocycles. The molecule has 0 bridgehead atoms. The van der Waals surface area contributed by atoms with E-state index in [2.05, 4.69) is 15.6 Å². The number of carboxylic acid groups (broad SMARTS) is 1. The Morgan fingerprint density at radius 3 is 2.65 bits per heavy atom. The van der Waals surface area contributed by atoms with E-state index in [0.717, 1.165) is 11.8 Å².